The number of aliphatic hydroxyl groups is 1. The van der Waals surface area contributed by atoms with Gasteiger partial charge in [-0.3, -0.25) is 34.3 Å². The number of piperazine rings is 1. The molecule has 21 nitrogen and oxygen atoms in total. The van der Waals surface area contributed by atoms with Crippen LogP contribution in [0, 0.1) is 0 Å². The van der Waals surface area contributed by atoms with Crippen LogP contribution in [0.1, 0.15) is 85.0 Å². The van der Waals surface area contributed by atoms with Crippen molar-refractivity contribution in [2.24, 2.45) is 0 Å². The molecule has 2 aromatic carbocycles. The van der Waals surface area contributed by atoms with Crippen LogP contribution in [-0.4, -0.2) is 182 Å². The van der Waals surface area contributed by atoms with Crippen molar-refractivity contribution in [1.29, 1.82) is 0 Å². The van der Waals surface area contributed by atoms with Crippen LogP contribution in [0.5, 0.6) is 0 Å². The van der Waals surface area contributed by atoms with Crippen LogP contribution < -0.4 is 16.0 Å². The SMILES string of the molecule is CCCCNc1ncc2c(-c3ccc(S(=O)(=O)N4CCN(CCOCCOCCOCCOCCNc5cccc6c5C(=O)N(C5CCC(=O)NC5=O)C6=O)CC4)cc3)nn(C3CCC(O)CC3)c2n1. The number of piperidine rings is 1. The molecule has 0 spiro atoms. The number of unbranched alkanes of at least 4 members (excludes halogenated alkanes) is 1. The molecule has 4 N–H and O–H groups in total. The fourth-order valence-corrected chi connectivity index (χ4v) is 10.6. The highest BCUT2D eigenvalue weighted by molar-refractivity contribution is 7.89. The lowest BCUT2D eigenvalue weighted by atomic mass is 9.93. The van der Waals surface area contributed by atoms with Crippen LogP contribution in [0.4, 0.5) is 11.6 Å². The summed E-state index contributed by atoms with van der Waals surface area (Å²) in [4.78, 5) is 63.0. The molecule has 5 heterocycles. The molecule has 4 aromatic rings. The summed E-state index contributed by atoms with van der Waals surface area (Å²) in [5.74, 6) is -1.66. The van der Waals surface area contributed by atoms with Gasteiger partial charge >= 0.3 is 0 Å². The van der Waals surface area contributed by atoms with E-state index in [2.05, 4.69) is 32.8 Å². The van der Waals surface area contributed by atoms with E-state index in [4.69, 9.17) is 29.0 Å². The van der Waals surface area contributed by atoms with Crippen LogP contribution in [-0.2, 0) is 38.6 Å². The number of anilines is 2. The minimum Gasteiger partial charge on any atom is -0.393 e. The summed E-state index contributed by atoms with van der Waals surface area (Å²) in [5, 5.41) is 24.6. The van der Waals surface area contributed by atoms with Crippen LogP contribution in [0.3, 0.4) is 0 Å². The quantitative estimate of drug-likeness (QED) is 0.0550. The van der Waals surface area contributed by atoms with Gasteiger partial charge in [-0.1, -0.05) is 31.5 Å². The van der Waals surface area contributed by atoms with Gasteiger partial charge in [0.05, 0.1) is 86.4 Å². The van der Waals surface area contributed by atoms with E-state index in [1.54, 1.807) is 48.7 Å². The smallest absolute Gasteiger partial charge is 0.264 e. The zero-order valence-electron chi connectivity index (χ0n) is 39.7. The minimum absolute atomic E-state index is 0.0547. The number of hydrogen-bond acceptors (Lipinski definition) is 17. The Balaban J connectivity index is 0.676. The molecule has 3 aliphatic heterocycles. The van der Waals surface area contributed by atoms with E-state index in [1.807, 2.05) is 4.68 Å². The molecule has 22 heteroatoms. The van der Waals surface area contributed by atoms with Gasteiger partial charge in [-0.25, -0.2) is 18.1 Å². The molecule has 3 fully saturated rings. The number of carbonyl (C=O) groups is 4. The highest BCUT2D eigenvalue weighted by Gasteiger charge is 2.45. The third kappa shape index (κ3) is 12.2. The van der Waals surface area contributed by atoms with Gasteiger partial charge in [0.1, 0.15) is 11.7 Å². The lowest BCUT2D eigenvalue weighted by Gasteiger charge is -2.33. The van der Waals surface area contributed by atoms with Crippen molar-refractivity contribution in [2.45, 2.75) is 81.4 Å². The van der Waals surface area contributed by atoms with E-state index in [0.29, 0.717) is 122 Å². The number of rotatable bonds is 25. The Hall–Kier alpha value is -5.46. The third-order valence-corrected chi connectivity index (χ3v) is 15.0. The Morgan fingerprint density at radius 3 is 2.16 bits per heavy atom. The van der Waals surface area contributed by atoms with E-state index >= 15 is 0 Å². The number of benzene rings is 2. The van der Waals surface area contributed by atoms with Crippen molar-refractivity contribution in [1.82, 2.24) is 39.2 Å². The second kappa shape index (κ2) is 24.1. The average Bonchev–Trinajstić information content (AvgIpc) is 3.87. The second-order valence-corrected chi connectivity index (χ2v) is 19.7. The maximum absolute atomic E-state index is 13.7. The lowest BCUT2D eigenvalue weighted by molar-refractivity contribution is -0.136. The molecule has 0 radical (unpaired) electrons. The van der Waals surface area contributed by atoms with Gasteiger partial charge in [0.15, 0.2) is 5.65 Å². The summed E-state index contributed by atoms with van der Waals surface area (Å²) in [7, 11) is -3.71. The number of hydrogen-bond donors (Lipinski definition) is 4. The zero-order chi connectivity index (χ0) is 49.0. The average molecular weight is 989 g/mol. The van der Waals surface area contributed by atoms with E-state index in [9.17, 15) is 32.7 Å². The fourth-order valence-electron chi connectivity index (χ4n) is 9.16. The Kier molecular flexibility index (Phi) is 17.5. The Morgan fingerprint density at radius 2 is 1.47 bits per heavy atom. The van der Waals surface area contributed by atoms with Crippen molar-refractivity contribution < 1.29 is 51.6 Å². The van der Waals surface area contributed by atoms with Gasteiger partial charge in [0.2, 0.25) is 27.8 Å². The van der Waals surface area contributed by atoms with Crippen molar-refractivity contribution in [3.8, 4) is 11.3 Å². The molecule has 8 rings (SSSR count). The molecule has 4 aliphatic rings. The summed E-state index contributed by atoms with van der Waals surface area (Å²) in [6.45, 7) is 9.04. The first-order valence-corrected chi connectivity index (χ1v) is 25.9. The number of ether oxygens (including phenoxy) is 4. The van der Waals surface area contributed by atoms with Crippen molar-refractivity contribution >= 4 is 56.3 Å². The molecule has 2 saturated heterocycles. The molecule has 378 valence electrons. The summed E-state index contributed by atoms with van der Waals surface area (Å²) in [6.07, 6.45) is 6.71. The topological polar surface area (TPSA) is 249 Å². The minimum atomic E-state index is -3.71. The Bertz CT molecular complexity index is 2560. The molecule has 1 unspecified atom stereocenters. The molecule has 0 bridgehead atoms. The first kappa shape index (κ1) is 50.9. The van der Waals surface area contributed by atoms with Crippen LogP contribution >= 0.6 is 0 Å². The van der Waals surface area contributed by atoms with Gasteiger partial charge in [0, 0.05) is 69.7 Å². The standard InChI is InChI=1S/C48H64N10O11S/c1-2-3-17-50-48-51-32-38-43(54-58(44(38)53-48)34-9-11-35(59)12-10-34)33-7-13-36(14-8-33)70(64,65)56-21-19-55(20-22-56)23-25-67-27-29-69-31-30-68-28-26-66-24-18-49-39-6-4-5-37-42(39)47(63)57(46(37)62)40-15-16-41(60)52-45(40)61/h4-8,13-14,32,34-35,40,49,59H,2-3,9-12,15-31H2,1H3,(H,50,51,53)(H,52,60,61). The Labute approximate surface area is 407 Å². The van der Waals surface area contributed by atoms with Gasteiger partial charge in [-0.2, -0.15) is 14.4 Å². The predicted molar refractivity (Wildman–Crippen MR) is 258 cm³/mol. The predicted octanol–water partition coefficient (Wildman–Crippen LogP) is 3.07. The number of sulfonamides is 1. The van der Waals surface area contributed by atoms with Gasteiger partial charge < -0.3 is 34.7 Å². The number of carbonyl (C=O) groups excluding carboxylic acids is 4. The van der Waals surface area contributed by atoms with Gasteiger partial charge in [0.25, 0.3) is 11.8 Å². The van der Waals surface area contributed by atoms with E-state index in [-0.39, 0.29) is 41.0 Å². The maximum Gasteiger partial charge on any atom is 0.264 e. The Morgan fingerprint density at radius 1 is 0.786 bits per heavy atom. The van der Waals surface area contributed by atoms with Gasteiger partial charge in [-0.05, 0) is 62.8 Å². The summed E-state index contributed by atoms with van der Waals surface area (Å²) >= 11 is 0. The molecule has 1 saturated carbocycles. The normalized spacial score (nSPS) is 20.3. The summed E-state index contributed by atoms with van der Waals surface area (Å²) < 4.78 is 53.6. The van der Waals surface area contributed by atoms with Crippen molar-refractivity contribution in [3.63, 3.8) is 0 Å². The lowest BCUT2D eigenvalue weighted by Crippen LogP contribution is -2.54. The second-order valence-electron chi connectivity index (χ2n) is 17.8. The zero-order valence-corrected chi connectivity index (χ0v) is 40.5. The fraction of sp³-hybridized carbons (Fsp3) is 0.562. The number of nitrogens with one attached hydrogen (secondary N) is 3. The maximum atomic E-state index is 13.7. The molecule has 1 aliphatic carbocycles. The summed E-state index contributed by atoms with van der Waals surface area (Å²) in [6, 6.07) is 10.9. The monoisotopic (exact) mass is 988 g/mol. The van der Waals surface area contributed by atoms with E-state index in [1.165, 1.54) is 4.31 Å². The first-order valence-electron chi connectivity index (χ1n) is 24.4. The highest BCUT2D eigenvalue weighted by Crippen LogP contribution is 2.36. The molecule has 2 aromatic heterocycles. The molecular formula is C48H64N10O11S. The largest absolute Gasteiger partial charge is 0.393 e. The number of fused-ring (bicyclic) bond motifs is 2. The van der Waals surface area contributed by atoms with E-state index in [0.717, 1.165) is 53.7 Å². The van der Waals surface area contributed by atoms with Crippen LogP contribution in [0.15, 0.2) is 53.6 Å². The number of imide groups is 2. The highest BCUT2D eigenvalue weighted by atomic mass is 32.2. The van der Waals surface area contributed by atoms with Gasteiger partial charge in [-0.15, -0.1) is 0 Å². The number of amides is 4. The van der Waals surface area contributed by atoms with Crippen molar-refractivity contribution in [3.05, 3.63) is 59.8 Å². The molecule has 70 heavy (non-hydrogen) atoms. The molecular weight excluding hydrogens is 925 g/mol. The first-order chi connectivity index (χ1) is 34.0. The summed E-state index contributed by atoms with van der Waals surface area (Å²) in [5.41, 5.74) is 3.08. The molecule has 1 atom stereocenters. The number of nitrogens with zero attached hydrogens (tertiary/aromatic N) is 7. The van der Waals surface area contributed by atoms with Crippen molar-refractivity contribution in [2.75, 3.05) is 109 Å². The van der Waals surface area contributed by atoms with E-state index < -0.39 is 39.7 Å². The van der Waals surface area contributed by atoms with Crippen LogP contribution in [0.25, 0.3) is 22.3 Å². The number of aromatic nitrogens is 4. The third-order valence-electron chi connectivity index (χ3n) is 13.1. The molecule has 4 amide bonds. The number of aliphatic hydroxyl groups excluding tert-OH is 1. The van der Waals surface area contributed by atoms with Crippen LogP contribution in [0.2, 0.25) is 0 Å².